The van der Waals surface area contributed by atoms with Gasteiger partial charge in [0, 0.05) is 18.6 Å². The number of nitrogens with two attached hydrogens (primary N) is 1. The summed E-state index contributed by atoms with van der Waals surface area (Å²) >= 11 is 0. The molecule has 3 nitrogen and oxygen atoms in total. The van der Waals surface area contributed by atoms with E-state index in [4.69, 9.17) is 5.73 Å². The zero-order valence-electron chi connectivity index (χ0n) is 10.5. The average Bonchev–Trinajstić information content (AvgIpc) is 2.16. The van der Waals surface area contributed by atoms with E-state index in [1.807, 2.05) is 0 Å². The largest absolute Gasteiger partial charge is 0.327 e. The van der Waals surface area contributed by atoms with Crippen LogP contribution >= 0.6 is 0 Å². The Balaban J connectivity index is 2.09. The zero-order valence-corrected chi connectivity index (χ0v) is 10.5. The fourth-order valence-corrected chi connectivity index (χ4v) is 2.22. The summed E-state index contributed by atoms with van der Waals surface area (Å²) < 4.78 is 0. The molecule has 0 aliphatic carbocycles. The van der Waals surface area contributed by atoms with Crippen molar-refractivity contribution in [3.8, 4) is 0 Å². The first kappa shape index (κ1) is 12.9. The van der Waals surface area contributed by atoms with Gasteiger partial charge in [-0.1, -0.05) is 13.8 Å². The van der Waals surface area contributed by atoms with Crippen molar-refractivity contribution in [3.05, 3.63) is 0 Å². The maximum Gasteiger partial charge on any atom is 0.0167 e. The quantitative estimate of drug-likeness (QED) is 0.717. The van der Waals surface area contributed by atoms with Crippen LogP contribution in [0.15, 0.2) is 0 Å². The standard InChI is InChI=1S/C12H27N3/c1-10(2)8-11(13)9-14-12-4-6-15(3)7-5-12/h10-12,14H,4-9,13H2,1-3H3. The first-order valence-electron chi connectivity index (χ1n) is 6.25. The summed E-state index contributed by atoms with van der Waals surface area (Å²) in [5, 5.41) is 3.60. The Morgan fingerprint density at radius 2 is 1.93 bits per heavy atom. The van der Waals surface area contributed by atoms with Crippen LogP contribution in [-0.4, -0.2) is 43.7 Å². The van der Waals surface area contributed by atoms with Crippen molar-refractivity contribution >= 4 is 0 Å². The molecule has 1 fully saturated rings. The molecule has 1 atom stereocenters. The van der Waals surface area contributed by atoms with Crippen LogP contribution < -0.4 is 11.1 Å². The highest BCUT2D eigenvalue weighted by atomic mass is 15.1. The Hall–Kier alpha value is -0.120. The van der Waals surface area contributed by atoms with Gasteiger partial charge in [0.15, 0.2) is 0 Å². The highest BCUT2D eigenvalue weighted by molar-refractivity contribution is 4.77. The van der Waals surface area contributed by atoms with Gasteiger partial charge in [0.2, 0.25) is 0 Å². The van der Waals surface area contributed by atoms with Gasteiger partial charge >= 0.3 is 0 Å². The summed E-state index contributed by atoms with van der Waals surface area (Å²) in [7, 11) is 2.20. The van der Waals surface area contributed by atoms with Crippen LogP contribution in [0.25, 0.3) is 0 Å². The Morgan fingerprint density at radius 3 is 2.47 bits per heavy atom. The van der Waals surface area contributed by atoms with E-state index in [0.717, 1.165) is 13.0 Å². The molecule has 90 valence electrons. The second-order valence-corrected chi connectivity index (χ2v) is 5.38. The summed E-state index contributed by atoms with van der Waals surface area (Å²) in [5.41, 5.74) is 6.05. The fourth-order valence-electron chi connectivity index (χ4n) is 2.22. The van der Waals surface area contributed by atoms with E-state index < -0.39 is 0 Å². The maximum atomic E-state index is 6.05. The van der Waals surface area contributed by atoms with Gasteiger partial charge in [0.05, 0.1) is 0 Å². The predicted molar refractivity (Wildman–Crippen MR) is 66.0 cm³/mol. The van der Waals surface area contributed by atoms with E-state index in [1.54, 1.807) is 0 Å². The molecule has 1 saturated heterocycles. The first-order chi connectivity index (χ1) is 7.08. The molecular weight excluding hydrogens is 186 g/mol. The number of rotatable bonds is 5. The molecule has 0 aromatic carbocycles. The second-order valence-electron chi connectivity index (χ2n) is 5.38. The van der Waals surface area contributed by atoms with Gasteiger partial charge in [0.25, 0.3) is 0 Å². The molecule has 1 unspecified atom stereocenters. The molecule has 0 saturated carbocycles. The van der Waals surface area contributed by atoms with Crippen LogP contribution in [0.1, 0.15) is 33.1 Å². The van der Waals surface area contributed by atoms with Gasteiger partial charge in [-0.2, -0.15) is 0 Å². The fraction of sp³-hybridized carbons (Fsp3) is 1.00. The van der Waals surface area contributed by atoms with E-state index >= 15 is 0 Å². The average molecular weight is 213 g/mol. The lowest BCUT2D eigenvalue weighted by Crippen LogP contribution is -2.45. The van der Waals surface area contributed by atoms with Crippen molar-refractivity contribution in [1.82, 2.24) is 10.2 Å². The van der Waals surface area contributed by atoms with E-state index in [1.165, 1.54) is 25.9 Å². The monoisotopic (exact) mass is 213 g/mol. The lowest BCUT2D eigenvalue weighted by molar-refractivity contribution is 0.232. The molecule has 15 heavy (non-hydrogen) atoms. The molecule has 1 aliphatic rings. The Morgan fingerprint density at radius 1 is 1.33 bits per heavy atom. The van der Waals surface area contributed by atoms with Crippen molar-refractivity contribution in [2.45, 2.75) is 45.2 Å². The van der Waals surface area contributed by atoms with Crippen molar-refractivity contribution < 1.29 is 0 Å². The third-order valence-electron chi connectivity index (χ3n) is 3.16. The lowest BCUT2D eigenvalue weighted by Gasteiger charge is -2.30. The molecule has 1 rings (SSSR count). The molecule has 0 spiro atoms. The number of likely N-dealkylation sites (tertiary alicyclic amines) is 1. The number of hydrogen-bond acceptors (Lipinski definition) is 3. The minimum absolute atomic E-state index is 0.324. The number of nitrogens with one attached hydrogen (secondary N) is 1. The van der Waals surface area contributed by atoms with Gasteiger partial charge in [-0.15, -0.1) is 0 Å². The lowest BCUT2D eigenvalue weighted by atomic mass is 10.0. The summed E-state index contributed by atoms with van der Waals surface area (Å²) in [4.78, 5) is 2.40. The third-order valence-corrected chi connectivity index (χ3v) is 3.16. The van der Waals surface area contributed by atoms with Crippen molar-refractivity contribution in [2.75, 3.05) is 26.7 Å². The third kappa shape index (κ3) is 5.50. The zero-order chi connectivity index (χ0) is 11.3. The minimum atomic E-state index is 0.324. The number of hydrogen-bond donors (Lipinski definition) is 2. The summed E-state index contributed by atoms with van der Waals surface area (Å²) in [6.45, 7) is 7.88. The van der Waals surface area contributed by atoms with Crippen molar-refractivity contribution in [2.24, 2.45) is 11.7 Å². The maximum absolute atomic E-state index is 6.05. The van der Waals surface area contributed by atoms with Crippen molar-refractivity contribution in [1.29, 1.82) is 0 Å². The van der Waals surface area contributed by atoms with Crippen LogP contribution in [-0.2, 0) is 0 Å². The summed E-state index contributed by atoms with van der Waals surface area (Å²) in [6.07, 6.45) is 3.66. The Kier molecular flexibility index (Phi) is 5.58. The summed E-state index contributed by atoms with van der Waals surface area (Å²) in [5.74, 6) is 0.708. The molecule has 0 aromatic rings. The molecule has 1 heterocycles. The van der Waals surface area contributed by atoms with Gasteiger partial charge in [-0.05, 0) is 45.3 Å². The van der Waals surface area contributed by atoms with Gasteiger partial charge in [0.1, 0.15) is 0 Å². The van der Waals surface area contributed by atoms with Gasteiger partial charge in [-0.3, -0.25) is 0 Å². The van der Waals surface area contributed by atoms with Gasteiger partial charge < -0.3 is 16.0 Å². The predicted octanol–water partition coefficient (Wildman–Crippen LogP) is 1.04. The minimum Gasteiger partial charge on any atom is -0.327 e. The molecular formula is C12H27N3. The highest BCUT2D eigenvalue weighted by Gasteiger charge is 2.16. The van der Waals surface area contributed by atoms with Crippen LogP contribution in [0.5, 0.6) is 0 Å². The molecule has 3 N–H and O–H groups in total. The van der Waals surface area contributed by atoms with Crippen LogP contribution in [0.3, 0.4) is 0 Å². The number of piperidine rings is 1. The second kappa shape index (κ2) is 6.46. The molecule has 0 aromatic heterocycles. The topological polar surface area (TPSA) is 41.3 Å². The highest BCUT2D eigenvalue weighted by Crippen LogP contribution is 2.08. The molecule has 0 bridgehead atoms. The molecule has 1 aliphatic heterocycles. The van der Waals surface area contributed by atoms with E-state index in [0.29, 0.717) is 18.0 Å². The van der Waals surface area contributed by atoms with E-state index in [2.05, 4.69) is 31.1 Å². The van der Waals surface area contributed by atoms with Crippen LogP contribution in [0.4, 0.5) is 0 Å². The normalized spacial score (nSPS) is 22.2. The summed E-state index contributed by atoms with van der Waals surface area (Å²) in [6, 6.07) is 1.02. The first-order valence-corrected chi connectivity index (χ1v) is 6.25. The molecule has 3 heteroatoms. The molecule has 0 radical (unpaired) electrons. The van der Waals surface area contributed by atoms with Gasteiger partial charge in [-0.25, -0.2) is 0 Å². The van der Waals surface area contributed by atoms with E-state index in [9.17, 15) is 0 Å². The Bertz CT molecular complexity index is 162. The number of nitrogens with zero attached hydrogens (tertiary/aromatic N) is 1. The van der Waals surface area contributed by atoms with E-state index in [-0.39, 0.29) is 0 Å². The van der Waals surface area contributed by atoms with Crippen molar-refractivity contribution in [3.63, 3.8) is 0 Å². The smallest absolute Gasteiger partial charge is 0.0167 e. The Labute approximate surface area is 94.4 Å². The van der Waals surface area contributed by atoms with Crippen LogP contribution in [0.2, 0.25) is 0 Å². The van der Waals surface area contributed by atoms with Crippen LogP contribution in [0, 0.1) is 5.92 Å². The molecule has 0 amide bonds. The SMILES string of the molecule is CC(C)CC(N)CNC1CCN(C)CC1.